The number of unbranched alkanes of at least 4 members (excludes halogenated alkanes) is 46. The first-order valence-electron chi connectivity index (χ1n) is 29.4. The standard InChI is InChI=1S/C59H117NO3/c1-3-5-7-9-11-13-15-17-19-21-23-25-26-27-28-29-30-31-32-33-34-35-37-39-41-43-45-47-49-51-53-55-59(63)60-57(56-61)58(62)54-52-50-48-46-44-42-40-38-36-24-22-20-18-16-14-12-10-8-6-4-2/h27-28,57-58,61-62H,3-26,29-56H2,1-2H3,(H,60,63)/b28-27-. The number of amides is 1. The molecule has 0 spiro atoms. The Bertz CT molecular complexity index is 875. The van der Waals surface area contributed by atoms with Crippen molar-refractivity contribution >= 4 is 5.91 Å². The third kappa shape index (κ3) is 52.0. The minimum atomic E-state index is -0.657. The maximum atomic E-state index is 12.5. The Hall–Kier alpha value is -0.870. The molecular formula is C59H117NO3. The molecule has 0 rings (SSSR count). The highest BCUT2D eigenvalue weighted by atomic mass is 16.3. The van der Waals surface area contributed by atoms with Crippen molar-refractivity contribution in [2.75, 3.05) is 6.61 Å². The Morgan fingerprint density at radius 3 is 0.873 bits per heavy atom. The molecule has 1 amide bonds. The lowest BCUT2D eigenvalue weighted by molar-refractivity contribution is -0.123. The maximum absolute atomic E-state index is 12.5. The fraction of sp³-hybridized carbons (Fsp3) is 0.949. The van der Waals surface area contributed by atoms with Gasteiger partial charge in [0.05, 0.1) is 18.8 Å². The van der Waals surface area contributed by atoms with Gasteiger partial charge in [-0.3, -0.25) is 4.79 Å². The zero-order valence-electron chi connectivity index (χ0n) is 43.4. The van der Waals surface area contributed by atoms with Crippen molar-refractivity contribution in [3.8, 4) is 0 Å². The van der Waals surface area contributed by atoms with Crippen molar-refractivity contribution in [3.63, 3.8) is 0 Å². The topological polar surface area (TPSA) is 69.6 Å². The number of hydrogen-bond donors (Lipinski definition) is 3. The summed E-state index contributed by atoms with van der Waals surface area (Å²) < 4.78 is 0. The highest BCUT2D eigenvalue weighted by Crippen LogP contribution is 2.18. The Morgan fingerprint density at radius 1 is 0.365 bits per heavy atom. The summed E-state index contributed by atoms with van der Waals surface area (Å²) in [6, 6.07) is -0.533. The predicted molar refractivity (Wildman–Crippen MR) is 281 cm³/mol. The molecule has 4 heteroatoms. The molecule has 0 aromatic carbocycles. The van der Waals surface area contributed by atoms with Crippen LogP contribution < -0.4 is 5.32 Å². The average Bonchev–Trinajstić information content (AvgIpc) is 3.29. The molecule has 63 heavy (non-hydrogen) atoms. The lowest BCUT2D eigenvalue weighted by atomic mass is 10.0. The molecule has 0 radical (unpaired) electrons. The van der Waals surface area contributed by atoms with E-state index >= 15 is 0 Å². The first-order valence-corrected chi connectivity index (χ1v) is 29.4. The van der Waals surface area contributed by atoms with E-state index in [2.05, 4.69) is 31.3 Å². The molecule has 0 bridgehead atoms. The van der Waals surface area contributed by atoms with Gasteiger partial charge in [0.2, 0.25) is 5.91 Å². The van der Waals surface area contributed by atoms with Gasteiger partial charge in [-0.15, -0.1) is 0 Å². The largest absolute Gasteiger partial charge is 0.394 e. The van der Waals surface area contributed by atoms with Gasteiger partial charge in [0, 0.05) is 6.42 Å². The van der Waals surface area contributed by atoms with E-state index in [1.165, 1.54) is 289 Å². The lowest BCUT2D eigenvalue weighted by Gasteiger charge is -2.22. The first kappa shape index (κ1) is 62.1. The van der Waals surface area contributed by atoms with Crippen molar-refractivity contribution in [1.29, 1.82) is 0 Å². The molecule has 2 unspecified atom stereocenters. The molecule has 0 saturated heterocycles. The molecule has 0 aliphatic carbocycles. The second kappa shape index (κ2) is 55.5. The Kier molecular flexibility index (Phi) is 54.7. The van der Waals surface area contributed by atoms with E-state index < -0.39 is 12.1 Å². The van der Waals surface area contributed by atoms with E-state index in [4.69, 9.17) is 0 Å². The minimum Gasteiger partial charge on any atom is -0.394 e. The number of carbonyl (C=O) groups excluding carboxylic acids is 1. The summed E-state index contributed by atoms with van der Waals surface area (Å²) in [4.78, 5) is 12.5. The number of carbonyl (C=O) groups is 1. The number of rotatable bonds is 55. The molecule has 0 aromatic heterocycles. The fourth-order valence-electron chi connectivity index (χ4n) is 9.54. The van der Waals surface area contributed by atoms with Crippen molar-refractivity contribution in [2.24, 2.45) is 0 Å². The minimum absolute atomic E-state index is 0.0239. The van der Waals surface area contributed by atoms with Crippen LogP contribution in [0.25, 0.3) is 0 Å². The van der Waals surface area contributed by atoms with Crippen molar-refractivity contribution < 1.29 is 15.0 Å². The summed E-state index contributed by atoms with van der Waals surface area (Å²) in [5.74, 6) is -0.0239. The molecule has 2 atom stereocenters. The molecular weight excluding hydrogens is 771 g/mol. The summed E-state index contributed by atoms with van der Waals surface area (Å²) in [7, 11) is 0. The van der Waals surface area contributed by atoms with E-state index in [-0.39, 0.29) is 12.5 Å². The Morgan fingerprint density at radius 2 is 0.603 bits per heavy atom. The maximum Gasteiger partial charge on any atom is 0.220 e. The summed E-state index contributed by atoms with van der Waals surface area (Å²) >= 11 is 0. The van der Waals surface area contributed by atoms with Crippen LogP contribution in [0.3, 0.4) is 0 Å². The number of nitrogens with one attached hydrogen (secondary N) is 1. The van der Waals surface area contributed by atoms with Gasteiger partial charge in [0.25, 0.3) is 0 Å². The summed E-state index contributed by atoms with van der Waals surface area (Å²) in [6.45, 7) is 4.40. The Labute approximate surface area is 397 Å². The number of hydrogen-bond acceptors (Lipinski definition) is 3. The van der Waals surface area contributed by atoms with Crippen LogP contribution in [-0.4, -0.2) is 34.9 Å². The zero-order valence-corrected chi connectivity index (χ0v) is 43.4. The second-order valence-corrected chi connectivity index (χ2v) is 20.4. The molecule has 0 fully saturated rings. The van der Waals surface area contributed by atoms with E-state index in [1.54, 1.807) is 0 Å². The van der Waals surface area contributed by atoms with Gasteiger partial charge >= 0.3 is 0 Å². The molecule has 0 aromatic rings. The molecule has 3 N–H and O–H groups in total. The average molecular weight is 889 g/mol. The quantitative estimate of drug-likeness (QED) is 0.0421. The highest BCUT2D eigenvalue weighted by Gasteiger charge is 2.20. The van der Waals surface area contributed by atoms with Gasteiger partial charge in [-0.05, 0) is 38.5 Å². The lowest BCUT2D eigenvalue weighted by Crippen LogP contribution is -2.45. The smallest absolute Gasteiger partial charge is 0.220 e. The number of aliphatic hydroxyl groups excluding tert-OH is 2. The Balaban J connectivity index is 3.40. The van der Waals surface area contributed by atoms with Gasteiger partial charge in [0.15, 0.2) is 0 Å². The second-order valence-electron chi connectivity index (χ2n) is 20.4. The third-order valence-corrected chi connectivity index (χ3v) is 14.0. The van der Waals surface area contributed by atoms with Crippen LogP contribution in [0.15, 0.2) is 12.2 Å². The normalized spacial score (nSPS) is 12.8. The van der Waals surface area contributed by atoms with Crippen molar-refractivity contribution in [3.05, 3.63) is 12.2 Å². The summed E-state index contributed by atoms with van der Waals surface area (Å²) in [5.41, 5.74) is 0. The van der Waals surface area contributed by atoms with Gasteiger partial charge in [-0.25, -0.2) is 0 Å². The predicted octanol–water partition coefficient (Wildman–Crippen LogP) is 19.3. The van der Waals surface area contributed by atoms with Gasteiger partial charge < -0.3 is 15.5 Å². The molecule has 0 aliphatic heterocycles. The van der Waals surface area contributed by atoms with Crippen LogP contribution in [0.5, 0.6) is 0 Å². The van der Waals surface area contributed by atoms with E-state index in [9.17, 15) is 15.0 Å². The van der Waals surface area contributed by atoms with Crippen LogP contribution in [-0.2, 0) is 4.79 Å². The monoisotopic (exact) mass is 888 g/mol. The molecule has 4 nitrogen and oxygen atoms in total. The summed E-state index contributed by atoms with van der Waals surface area (Å²) in [6.07, 6.45) is 72.1. The zero-order chi connectivity index (χ0) is 45.6. The van der Waals surface area contributed by atoms with Crippen molar-refractivity contribution in [2.45, 2.75) is 353 Å². The van der Waals surface area contributed by atoms with E-state index in [1.807, 2.05) is 0 Å². The van der Waals surface area contributed by atoms with Crippen LogP contribution in [0.4, 0.5) is 0 Å². The molecule has 376 valence electrons. The highest BCUT2D eigenvalue weighted by molar-refractivity contribution is 5.76. The van der Waals surface area contributed by atoms with Crippen molar-refractivity contribution in [1.82, 2.24) is 5.32 Å². The van der Waals surface area contributed by atoms with Gasteiger partial charge in [-0.2, -0.15) is 0 Å². The van der Waals surface area contributed by atoms with Gasteiger partial charge in [0.1, 0.15) is 0 Å². The first-order chi connectivity index (χ1) is 31.2. The molecule has 0 heterocycles. The van der Waals surface area contributed by atoms with Crippen LogP contribution in [0, 0.1) is 0 Å². The molecule has 0 saturated carbocycles. The van der Waals surface area contributed by atoms with E-state index in [0.29, 0.717) is 12.8 Å². The van der Waals surface area contributed by atoms with Crippen LogP contribution in [0.1, 0.15) is 341 Å². The number of allylic oxidation sites excluding steroid dienone is 2. The number of aliphatic hydroxyl groups is 2. The summed E-state index contributed by atoms with van der Waals surface area (Å²) in [5, 5.41) is 23.4. The van der Waals surface area contributed by atoms with Gasteiger partial charge in [-0.1, -0.05) is 309 Å². The van der Waals surface area contributed by atoms with Crippen LogP contribution in [0.2, 0.25) is 0 Å². The van der Waals surface area contributed by atoms with Crippen LogP contribution >= 0.6 is 0 Å². The molecule has 0 aliphatic rings. The third-order valence-electron chi connectivity index (χ3n) is 14.0. The SMILES string of the molecule is CCCCCCCCCCCCCC/C=C\CCCCCCCCCCCCCCCCCC(=O)NC(CO)C(O)CCCCCCCCCCCCCCCCCCCCCC. The van der Waals surface area contributed by atoms with E-state index in [0.717, 1.165) is 25.7 Å². The fourth-order valence-corrected chi connectivity index (χ4v) is 9.54.